The zero-order valence-electron chi connectivity index (χ0n) is 13.3. The first-order valence-electron chi connectivity index (χ1n) is 7.30. The second-order valence-corrected chi connectivity index (χ2v) is 5.06. The Labute approximate surface area is 146 Å². The molecule has 0 unspecified atom stereocenters. The van der Waals surface area contributed by atoms with E-state index in [1.165, 1.54) is 7.11 Å². The quantitative estimate of drug-likeness (QED) is 0.676. The van der Waals surface area contributed by atoms with E-state index in [9.17, 15) is 14.4 Å². The van der Waals surface area contributed by atoms with E-state index in [-0.39, 0.29) is 37.3 Å². The molecular formula is C15H21ClN4O4. The molecule has 1 aliphatic rings. The molecule has 132 valence electrons. The summed E-state index contributed by atoms with van der Waals surface area (Å²) in [6.07, 6.45) is 1.35. The Bertz CT molecular complexity index is 623. The van der Waals surface area contributed by atoms with Gasteiger partial charge in [-0.3, -0.25) is 14.4 Å². The van der Waals surface area contributed by atoms with Crippen LogP contribution in [0.2, 0.25) is 0 Å². The van der Waals surface area contributed by atoms with Crippen LogP contribution in [0.15, 0.2) is 18.2 Å². The van der Waals surface area contributed by atoms with E-state index in [0.29, 0.717) is 30.1 Å². The highest BCUT2D eigenvalue weighted by molar-refractivity contribution is 5.98. The molecule has 1 heterocycles. The summed E-state index contributed by atoms with van der Waals surface area (Å²) in [6.45, 7) is 0.330. The van der Waals surface area contributed by atoms with E-state index in [1.807, 2.05) is 0 Å². The third kappa shape index (κ3) is 4.84. The summed E-state index contributed by atoms with van der Waals surface area (Å²) >= 11 is 0. The fourth-order valence-corrected chi connectivity index (χ4v) is 2.34. The third-order valence-electron chi connectivity index (χ3n) is 3.46. The van der Waals surface area contributed by atoms with Crippen molar-refractivity contribution >= 4 is 41.5 Å². The maximum Gasteiger partial charge on any atom is 0.243 e. The van der Waals surface area contributed by atoms with E-state index in [4.69, 9.17) is 10.5 Å². The number of nitrogens with zero attached hydrogens (tertiary/aromatic N) is 1. The van der Waals surface area contributed by atoms with Crippen LogP contribution < -0.4 is 26.0 Å². The maximum atomic E-state index is 11.8. The van der Waals surface area contributed by atoms with Crippen LogP contribution in [-0.4, -0.2) is 44.5 Å². The van der Waals surface area contributed by atoms with Crippen molar-refractivity contribution in [2.45, 2.75) is 12.8 Å². The molecule has 1 aliphatic heterocycles. The molecule has 0 atom stereocenters. The molecule has 9 heteroatoms. The third-order valence-corrected chi connectivity index (χ3v) is 3.46. The average Bonchev–Trinajstić information content (AvgIpc) is 2.98. The molecule has 0 saturated carbocycles. The van der Waals surface area contributed by atoms with Gasteiger partial charge in [0.15, 0.2) is 0 Å². The topological polar surface area (TPSA) is 114 Å². The number of nitrogens with one attached hydrogen (secondary N) is 2. The van der Waals surface area contributed by atoms with Crippen molar-refractivity contribution in [1.29, 1.82) is 0 Å². The first-order chi connectivity index (χ1) is 11.0. The summed E-state index contributed by atoms with van der Waals surface area (Å²) in [5.41, 5.74) is 6.35. The summed E-state index contributed by atoms with van der Waals surface area (Å²) < 4.78 is 5.31. The Morgan fingerprint density at radius 2 is 2.08 bits per heavy atom. The lowest BCUT2D eigenvalue weighted by atomic mass is 10.2. The van der Waals surface area contributed by atoms with E-state index in [1.54, 1.807) is 23.1 Å². The molecule has 0 radical (unpaired) electrons. The van der Waals surface area contributed by atoms with Crippen LogP contribution in [0, 0.1) is 0 Å². The number of rotatable bonds is 6. The van der Waals surface area contributed by atoms with Crippen LogP contribution in [0.3, 0.4) is 0 Å². The average molecular weight is 357 g/mol. The number of nitrogens with two attached hydrogens (primary N) is 1. The highest BCUT2D eigenvalue weighted by Gasteiger charge is 2.24. The van der Waals surface area contributed by atoms with Crippen LogP contribution in [-0.2, 0) is 14.4 Å². The summed E-state index contributed by atoms with van der Waals surface area (Å²) in [5, 5.41) is 5.03. The molecule has 4 N–H and O–H groups in total. The second kappa shape index (κ2) is 9.09. The second-order valence-electron chi connectivity index (χ2n) is 5.06. The van der Waals surface area contributed by atoms with Crippen molar-refractivity contribution < 1.29 is 19.1 Å². The molecule has 0 bridgehead atoms. The molecule has 1 saturated heterocycles. The van der Waals surface area contributed by atoms with Gasteiger partial charge >= 0.3 is 0 Å². The number of methoxy groups -OCH3 is 1. The Hall–Kier alpha value is -2.32. The molecule has 0 spiro atoms. The Morgan fingerprint density at radius 3 is 2.67 bits per heavy atom. The summed E-state index contributed by atoms with van der Waals surface area (Å²) in [6, 6.07) is 5.06. The molecule has 1 fully saturated rings. The first-order valence-corrected chi connectivity index (χ1v) is 7.30. The molecule has 1 aromatic carbocycles. The van der Waals surface area contributed by atoms with Crippen molar-refractivity contribution in [1.82, 2.24) is 5.32 Å². The Balaban J connectivity index is 0.00000288. The normalized spacial score (nSPS) is 13.2. The summed E-state index contributed by atoms with van der Waals surface area (Å²) in [4.78, 5) is 36.3. The molecule has 3 amide bonds. The number of benzene rings is 1. The Kier molecular flexibility index (Phi) is 7.47. The number of anilines is 2. The molecule has 2 rings (SSSR count). The van der Waals surface area contributed by atoms with E-state index >= 15 is 0 Å². The summed E-state index contributed by atoms with van der Waals surface area (Å²) in [7, 11) is 1.51. The molecule has 8 nitrogen and oxygen atoms in total. The lowest BCUT2D eigenvalue weighted by Crippen LogP contribution is -2.36. The van der Waals surface area contributed by atoms with Gasteiger partial charge in [-0.15, -0.1) is 12.4 Å². The minimum atomic E-state index is -0.402. The van der Waals surface area contributed by atoms with Gasteiger partial charge in [-0.2, -0.15) is 0 Å². The predicted octanol–water partition coefficient (Wildman–Crippen LogP) is 0.257. The Morgan fingerprint density at radius 1 is 1.33 bits per heavy atom. The van der Waals surface area contributed by atoms with Gasteiger partial charge < -0.3 is 26.0 Å². The smallest absolute Gasteiger partial charge is 0.243 e. The van der Waals surface area contributed by atoms with Crippen LogP contribution in [0.5, 0.6) is 5.75 Å². The van der Waals surface area contributed by atoms with Crippen molar-refractivity contribution in [2.24, 2.45) is 5.73 Å². The van der Waals surface area contributed by atoms with Gasteiger partial charge in [0.05, 0.1) is 25.9 Å². The van der Waals surface area contributed by atoms with Gasteiger partial charge in [0, 0.05) is 24.7 Å². The van der Waals surface area contributed by atoms with E-state index in [0.717, 1.165) is 6.42 Å². The summed E-state index contributed by atoms with van der Waals surface area (Å²) in [5.74, 6) is -0.215. The fourth-order valence-electron chi connectivity index (χ4n) is 2.34. The number of hydrogen-bond acceptors (Lipinski definition) is 5. The number of carbonyl (C=O) groups excluding carboxylic acids is 3. The maximum absolute atomic E-state index is 11.8. The van der Waals surface area contributed by atoms with Crippen LogP contribution >= 0.6 is 12.4 Å². The van der Waals surface area contributed by atoms with Gasteiger partial charge in [0.2, 0.25) is 17.7 Å². The molecule has 1 aromatic rings. The molecule has 0 aromatic heterocycles. The number of hydrogen-bond donors (Lipinski definition) is 3. The zero-order valence-corrected chi connectivity index (χ0v) is 14.1. The van der Waals surface area contributed by atoms with Crippen molar-refractivity contribution in [3.05, 3.63) is 18.2 Å². The lowest BCUT2D eigenvalue weighted by molar-refractivity contribution is -0.123. The van der Waals surface area contributed by atoms with Crippen molar-refractivity contribution in [3.8, 4) is 5.75 Å². The highest BCUT2D eigenvalue weighted by Crippen LogP contribution is 2.33. The molecule has 0 aliphatic carbocycles. The monoisotopic (exact) mass is 356 g/mol. The first kappa shape index (κ1) is 19.7. The largest absolute Gasteiger partial charge is 0.494 e. The van der Waals surface area contributed by atoms with Crippen molar-refractivity contribution in [2.75, 3.05) is 37.0 Å². The SMILES string of the molecule is COc1cc(NC(=O)CNC(=O)CN)ccc1N1CCCC1=O.Cl. The standard InChI is InChI=1S/C15H20N4O4.ClH/c1-23-12-7-10(18-14(21)9-17-13(20)8-16)4-5-11(12)19-6-2-3-15(19)22;/h4-5,7H,2-3,6,8-9,16H2,1H3,(H,17,20)(H,18,21);1H. The van der Waals surface area contributed by atoms with Gasteiger partial charge in [-0.1, -0.05) is 0 Å². The number of halogens is 1. The van der Waals surface area contributed by atoms with Gasteiger partial charge in [-0.05, 0) is 18.6 Å². The van der Waals surface area contributed by atoms with Crippen LogP contribution in [0.25, 0.3) is 0 Å². The van der Waals surface area contributed by atoms with Gasteiger partial charge in [0.1, 0.15) is 5.75 Å². The van der Waals surface area contributed by atoms with Crippen molar-refractivity contribution in [3.63, 3.8) is 0 Å². The molecule has 24 heavy (non-hydrogen) atoms. The van der Waals surface area contributed by atoms with Gasteiger partial charge in [-0.25, -0.2) is 0 Å². The number of amides is 3. The van der Waals surface area contributed by atoms with Gasteiger partial charge in [0.25, 0.3) is 0 Å². The fraction of sp³-hybridized carbons (Fsp3) is 0.400. The zero-order chi connectivity index (χ0) is 16.8. The number of ether oxygens (including phenoxy) is 1. The predicted molar refractivity (Wildman–Crippen MR) is 92.5 cm³/mol. The van der Waals surface area contributed by atoms with E-state index < -0.39 is 5.91 Å². The number of carbonyl (C=O) groups is 3. The van der Waals surface area contributed by atoms with E-state index in [2.05, 4.69) is 10.6 Å². The lowest BCUT2D eigenvalue weighted by Gasteiger charge is -2.19. The minimum Gasteiger partial charge on any atom is -0.494 e. The van der Waals surface area contributed by atoms with Crippen LogP contribution in [0.1, 0.15) is 12.8 Å². The molecular weight excluding hydrogens is 336 g/mol. The highest BCUT2D eigenvalue weighted by atomic mass is 35.5. The minimum absolute atomic E-state index is 0. The van der Waals surface area contributed by atoms with Crippen LogP contribution in [0.4, 0.5) is 11.4 Å².